The Balaban J connectivity index is 1.74. The average molecular weight is 293 g/mol. The number of amides is 2. The van der Waals surface area contributed by atoms with Crippen molar-refractivity contribution < 1.29 is 28.7 Å². The van der Waals surface area contributed by atoms with Gasteiger partial charge < -0.3 is 9.47 Å². The second-order valence-electron chi connectivity index (χ2n) is 4.22. The second kappa shape index (κ2) is 6.96. The third-order valence-electron chi connectivity index (χ3n) is 2.88. The molecule has 1 aliphatic rings. The Labute approximate surface area is 121 Å². The zero-order chi connectivity index (χ0) is 15.2. The molecule has 0 saturated heterocycles. The molecule has 7 nitrogen and oxygen atoms in total. The topological polar surface area (TPSA) is 82.1 Å². The molecule has 0 spiro atoms. The van der Waals surface area contributed by atoms with Crippen molar-refractivity contribution in [3.63, 3.8) is 0 Å². The molecular weight excluding hydrogens is 278 g/mol. The maximum atomic E-state index is 11.9. The van der Waals surface area contributed by atoms with Gasteiger partial charge in [0.2, 0.25) is 0 Å². The lowest BCUT2D eigenvalue weighted by atomic mass is 10.1. The second-order valence-corrected chi connectivity index (χ2v) is 4.22. The van der Waals surface area contributed by atoms with E-state index in [0.29, 0.717) is 11.1 Å². The first-order valence-electron chi connectivity index (χ1n) is 6.40. The van der Waals surface area contributed by atoms with E-state index in [9.17, 15) is 14.4 Å². The van der Waals surface area contributed by atoms with Crippen molar-refractivity contribution in [3.8, 4) is 0 Å². The van der Waals surface area contributed by atoms with Crippen LogP contribution in [0.15, 0.2) is 24.3 Å². The molecule has 7 heteroatoms. The number of benzene rings is 1. The van der Waals surface area contributed by atoms with Gasteiger partial charge in [0.1, 0.15) is 0 Å². The van der Waals surface area contributed by atoms with E-state index in [1.165, 1.54) is 7.11 Å². The summed E-state index contributed by atoms with van der Waals surface area (Å²) in [6.07, 6.45) is 0.142. The number of hydroxylamine groups is 2. The van der Waals surface area contributed by atoms with Crippen molar-refractivity contribution in [2.75, 3.05) is 26.9 Å². The van der Waals surface area contributed by atoms with Gasteiger partial charge >= 0.3 is 5.97 Å². The molecule has 0 radical (unpaired) electrons. The molecule has 0 aliphatic carbocycles. The van der Waals surface area contributed by atoms with E-state index in [2.05, 4.69) is 4.74 Å². The molecule has 0 atom stereocenters. The largest absolute Gasteiger partial charge is 0.469 e. The number of carbonyl (C=O) groups excluding carboxylic acids is 3. The molecule has 1 aromatic carbocycles. The van der Waals surface area contributed by atoms with Crippen molar-refractivity contribution in [3.05, 3.63) is 35.4 Å². The molecule has 0 saturated carbocycles. The minimum atomic E-state index is -0.481. The van der Waals surface area contributed by atoms with Gasteiger partial charge in [0.25, 0.3) is 11.8 Å². The number of rotatable bonds is 7. The predicted molar refractivity (Wildman–Crippen MR) is 70.3 cm³/mol. The lowest BCUT2D eigenvalue weighted by Gasteiger charge is -2.13. The molecule has 112 valence electrons. The molecule has 1 aliphatic heterocycles. The Morgan fingerprint density at radius 1 is 1.05 bits per heavy atom. The first kappa shape index (κ1) is 15.1. The smallest absolute Gasteiger partial charge is 0.307 e. The van der Waals surface area contributed by atoms with Crippen molar-refractivity contribution in [1.29, 1.82) is 0 Å². The van der Waals surface area contributed by atoms with Gasteiger partial charge in [0.15, 0.2) is 0 Å². The summed E-state index contributed by atoms with van der Waals surface area (Å²) in [7, 11) is 1.30. The van der Waals surface area contributed by atoms with Crippen LogP contribution in [0, 0.1) is 0 Å². The fourth-order valence-electron chi connectivity index (χ4n) is 1.83. The van der Waals surface area contributed by atoms with E-state index in [1.54, 1.807) is 24.3 Å². The van der Waals surface area contributed by atoms with Crippen molar-refractivity contribution >= 4 is 17.8 Å². The van der Waals surface area contributed by atoms with E-state index in [0.717, 1.165) is 5.06 Å². The maximum absolute atomic E-state index is 11.9. The van der Waals surface area contributed by atoms with Crippen LogP contribution in [0.25, 0.3) is 0 Å². The number of esters is 1. The Kier molecular flexibility index (Phi) is 5.02. The van der Waals surface area contributed by atoms with Crippen LogP contribution in [-0.2, 0) is 19.1 Å². The summed E-state index contributed by atoms with van der Waals surface area (Å²) in [6.45, 7) is 0.384. The van der Waals surface area contributed by atoms with Crippen LogP contribution in [0.2, 0.25) is 0 Å². The Bertz CT molecular complexity index is 521. The number of hydrogen-bond acceptors (Lipinski definition) is 6. The zero-order valence-corrected chi connectivity index (χ0v) is 11.5. The van der Waals surface area contributed by atoms with E-state index in [4.69, 9.17) is 9.57 Å². The van der Waals surface area contributed by atoms with Gasteiger partial charge in [-0.3, -0.25) is 19.2 Å². The summed E-state index contributed by atoms with van der Waals surface area (Å²) in [6, 6.07) is 6.52. The van der Waals surface area contributed by atoms with E-state index in [1.807, 2.05) is 0 Å². The molecule has 0 fully saturated rings. The van der Waals surface area contributed by atoms with Crippen LogP contribution in [0.4, 0.5) is 0 Å². The summed E-state index contributed by atoms with van der Waals surface area (Å²) in [5, 5.41) is 0.730. The minimum absolute atomic E-state index is 0.0344. The van der Waals surface area contributed by atoms with E-state index >= 15 is 0 Å². The zero-order valence-electron chi connectivity index (χ0n) is 11.5. The molecule has 2 amide bonds. The minimum Gasteiger partial charge on any atom is -0.469 e. The highest BCUT2D eigenvalue weighted by Gasteiger charge is 2.36. The number of ether oxygens (including phenoxy) is 2. The van der Waals surface area contributed by atoms with Gasteiger partial charge in [-0.25, -0.2) is 0 Å². The first-order valence-corrected chi connectivity index (χ1v) is 6.40. The van der Waals surface area contributed by atoms with Crippen molar-refractivity contribution in [1.82, 2.24) is 5.06 Å². The van der Waals surface area contributed by atoms with E-state index < -0.39 is 11.8 Å². The van der Waals surface area contributed by atoms with Gasteiger partial charge in [-0.2, -0.15) is 0 Å². The van der Waals surface area contributed by atoms with Crippen molar-refractivity contribution in [2.45, 2.75) is 6.42 Å². The summed E-state index contributed by atoms with van der Waals surface area (Å²) >= 11 is 0. The van der Waals surface area contributed by atoms with Crippen LogP contribution in [0.5, 0.6) is 0 Å². The van der Waals surface area contributed by atoms with Gasteiger partial charge in [-0.15, -0.1) is 5.06 Å². The Morgan fingerprint density at radius 3 is 2.24 bits per heavy atom. The molecule has 1 heterocycles. The summed E-state index contributed by atoms with van der Waals surface area (Å²) in [5.41, 5.74) is 0.656. The monoisotopic (exact) mass is 293 g/mol. The molecular formula is C14H15NO6. The number of fused-ring (bicyclic) bond motifs is 1. The fourth-order valence-corrected chi connectivity index (χ4v) is 1.83. The highest BCUT2D eigenvalue weighted by atomic mass is 16.7. The summed E-state index contributed by atoms with van der Waals surface area (Å²) < 4.78 is 9.59. The van der Waals surface area contributed by atoms with Crippen LogP contribution >= 0.6 is 0 Å². The third kappa shape index (κ3) is 3.45. The highest BCUT2D eigenvalue weighted by molar-refractivity contribution is 6.20. The Morgan fingerprint density at radius 2 is 1.67 bits per heavy atom. The molecule has 0 unspecified atom stereocenters. The SMILES string of the molecule is COC(=O)CCOCCON1C(=O)c2ccccc2C1=O. The van der Waals surface area contributed by atoms with E-state index in [-0.39, 0.29) is 32.2 Å². The molecule has 2 rings (SSSR count). The van der Waals surface area contributed by atoms with Crippen LogP contribution in [0.1, 0.15) is 27.1 Å². The average Bonchev–Trinajstić information content (AvgIpc) is 2.75. The number of nitrogens with zero attached hydrogens (tertiary/aromatic N) is 1. The molecule has 0 aromatic heterocycles. The predicted octanol–water partition coefficient (Wildman–Crippen LogP) is 0.794. The quantitative estimate of drug-likeness (QED) is 0.420. The fraction of sp³-hybridized carbons (Fsp3) is 0.357. The van der Waals surface area contributed by atoms with Gasteiger partial charge in [0.05, 0.1) is 44.5 Å². The Hall–Kier alpha value is -2.25. The summed E-state index contributed by atoms with van der Waals surface area (Å²) in [4.78, 5) is 39.8. The third-order valence-corrected chi connectivity index (χ3v) is 2.88. The molecule has 21 heavy (non-hydrogen) atoms. The molecule has 1 aromatic rings. The number of methoxy groups -OCH3 is 1. The summed E-state index contributed by atoms with van der Waals surface area (Å²) in [5.74, 6) is -1.33. The van der Waals surface area contributed by atoms with Crippen LogP contribution in [-0.4, -0.2) is 49.8 Å². The van der Waals surface area contributed by atoms with Gasteiger partial charge in [-0.05, 0) is 12.1 Å². The van der Waals surface area contributed by atoms with Crippen molar-refractivity contribution in [2.24, 2.45) is 0 Å². The highest BCUT2D eigenvalue weighted by Crippen LogP contribution is 2.22. The number of hydrogen-bond donors (Lipinski definition) is 0. The number of carbonyl (C=O) groups is 3. The normalized spacial score (nSPS) is 13.5. The van der Waals surface area contributed by atoms with Gasteiger partial charge in [0, 0.05) is 0 Å². The van der Waals surface area contributed by atoms with Crippen LogP contribution in [0.3, 0.4) is 0 Å². The lowest BCUT2D eigenvalue weighted by molar-refractivity contribution is -0.142. The molecule has 0 N–H and O–H groups in total. The molecule has 0 bridgehead atoms. The maximum Gasteiger partial charge on any atom is 0.307 e. The number of imide groups is 1. The first-order chi connectivity index (χ1) is 10.1. The lowest BCUT2D eigenvalue weighted by Crippen LogP contribution is -2.31. The standard InChI is InChI=1S/C14H15NO6/c1-19-12(16)6-7-20-8-9-21-15-13(17)10-4-2-3-5-11(10)14(15)18/h2-5H,6-9H2,1H3. The van der Waals surface area contributed by atoms with Gasteiger partial charge in [-0.1, -0.05) is 12.1 Å². The van der Waals surface area contributed by atoms with Crippen LogP contribution < -0.4 is 0 Å².